The highest BCUT2D eigenvalue weighted by atomic mass is 16.6. The minimum Gasteiger partial charge on any atom is -0.481 e. The third kappa shape index (κ3) is 3.07. The molecule has 1 atom stereocenters. The molecule has 5 nitrogen and oxygen atoms in total. The first-order valence-corrected chi connectivity index (χ1v) is 7.45. The van der Waals surface area contributed by atoms with Gasteiger partial charge in [-0.25, -0.2) is 4.79 Å². The Morgan fingerprint density at radius 3 is 2.40 bits per heavy atom. The third-order valence-electron chi connectivity index (χ3n) is 4.44. The highest BCUT2D eigenvalue weighted by Gasteiger charge is 2.51. The van der Waals surface area contributed by atoms with Crippen LogP contribution in [-0.4, -0.2) is 40.3 Å². The number of carboxylic acid groups (broad SMARTS) is 1. The number of aliphatic carboxylic acids is 1. The molecular formula is C15H25NO4. The molecule has 1 aliphatic heterocycles. The van der Waals surface area contributed by atoms with Crippen LogP contribution >= 0.6 is 0 Å². The number of nitrogens with zero attached hydrogens (tertiary/aromatic N) is 1. The summed E-state index contributed by atoms with van der Waals surface area (Å²) in [5.74, 6) is -0.763. The molecule has 1 aliphatic carbocycles. The maximum absolute atomic E-state index is 12.3. The van der Waals surface area contributed by atoms with Gasteiger partial charge in [0.25, 0.3) is 0 Å². The molecule has 1 N–H and O–H groups in total. The summed E-state index contributed by atoms with van der Waals surface area (Å²) in [6.07, 6.45) is 4.57. The fourth-order valence-corrected chi connectivity index (χ4v) is 3.50. The van der Waals surface area contributed by atoms with Gasteiger partial charge in [-0.15, -0.1) is 0 Å². The highest BCUT2D eigenvalue weighted by molar-refractivity contribution is 5.71. The van der Waals surface area contributed by atoms with Crippen molar-refractivity contribution in [3.63, 3.8) is 0 Å². The first-order chi connectivity index (χ1) is 9.23. The molecule has 0 radical (unpaired) electrons. The molecule has 2 aliphatic rings. The molecule has 1 heterocycles. The van der Waals surface area contributed by atoms with Crippen LogP contribution < -0.4 is 0 Å². The van der Waals surface area contributed by atoms with Gasteiger partial charge in [-0.2, -0.15) is 0 Å². The van der Waals surface area contributed by atoms with E-state index in [1.165, 1.54) is 0 Å². The molecule has 1 amide bonds. The van der Waals surface area contributed by atoms with Gasteiger partial charge in [0.2, 0.25) is 0 Å². The fraction of sp³-hybridized carbons (Fsp3) is 0.867. The van der Waals surface area contributed by atoms with Crippen molar-refractivity contribution in [1.29, 1.82) is 0 Å². The molecule has 20 heavy (non-hydrogen) atoms. The summed E-state index contributed by atoms with van der Waals surface area (Å²) in [7, 11) is 0. The Kier molecular flexibility index (Phi) is 3.98. The van der Waals surface area contributed by atoms with Crippen molar-refractivity contribution in [3.8, 4) is 0 Å². The average Bonchev–Trinajstić information content (AvgIpc) is 2.69. The Labute approximate surface area is 120 Å². The van der Waals surface area contributed by atoms with Crippen LogP contribution in [0.3, 0.4) is 0 Å². The van der Waals surface area contributed by atoms with E-state index in [1.807, 2.05) is 20.8 Å². The van der Waals surface area contributed by atoms with Crippen molar-refractivity contribution < 1.29 is 19.4 Å². The van der Waals surface area contributed by atoms with Crippen LogP contribution in [0.5, 0.6) is 0 Å². The van der Waals surface area contributed by atoms with Crippen molar-refractivity contribution in [2.75, 3.05) is 6.54 Å². The lowest BCUT2D eigenvalue weighted by molar-refractivity contribution is -0.143. The van der Waals surface area contributed by atoms with Crippen molar-refractivity contribution in [2.24, 2.45) is 5.41 Å². The Bertz CT molecular complexity index is 395. The van der Waals surface area contributed by atoms with Crippen molar-refractivity contribution in [3.05, 3.63) is 0 Å². The van der Waals surface area contributed by atoms with Crippen molar-refractivity contribution in [2.45, 2.75) is 70.9 Å². The number of carbonyl (C=O) groups excluding carboxylic acids is 1. The molecule has 2 rings (SSSR count). The van der Waals surface area contributed by atoms with E-state index in [0.29, 0.717) is 6.54 Å². The molecule has 1 unspecified atom stereocenters. The first-order valence-electron chi connectivity index (χ1n) is 7.45. The van der Waals surface area contributed by atoms with Gasteiger partial charge in [-0.3, -0.25) is 4.79 Å². The lowest BCUT2D eigenvalue weighted by Crippen LogP contribution is -2.52. The van der Waals surface area contributed by atoms with E-state index in [1.54, 1.807) is 4.90 Å². The second-order valence-electron chi connectivity index (χ2n) is 7.12. The Morgan fingerprint density at radius 1 is 1.30 bits per heavy atom. The Hall–Kier alpha value is -1.26. The molecule has 5 heteroatoms. The maximum Gasteiger partial charge on any atom is 0.410 e. The van der Waals surface area contributed by atoms with Gasteiger partial charge in [-0.1, -0.05) is 6.42 Å². The smallest absolute Gasteiger partial charge is 0.410 e. The van der Waals surface area contributed by atoms with Gasteiger partial charge >= 0.3 is 12.1 Å². The summed E-state index contributed by atoms with van der Waals surface area (Å²) in [6.45, 7) is 6.24. The van der Waals surface area contributed by atoms with Gasteiger partial charge < -0.3 is 14.7 Å². The summed E-state index contributed by atoms with van der Waals surface area (Å²) >= 11 is 0. The van der Waals surface area contributed by atoms with E-state index < -0.39 is 11.6 Å². The zero-order valence-electron chi connectivity index (χ0n) is 12.6. The Morgan fingerprint density at radius 2 is 1.95 bits per heavy atom. The molecule has 0 spiro atoms. The zero-order chi connectivity index (χ0) is 15.0. The molecule has 1 saturated heterocycles. The van der Waals surface area contributed by atoms with Crippen LogP contribution in [0.4, 0.5) is 4.79 Å². The lowest BCUT2D eigenvalue weighted by Gasteiger charge is -2.48. The lowest BCUT2D eigenvalue weighted by atomic mass is 9.61. The predicted octanol–water partition coefficient (Wildman–Crippen LogP) is 3.03. The number of hydrogen-bond donors (Lipinski definition) is 1. The third-order valence-corrected chi connectivity index (χ3v) is 4.44. The second kappa shape index (κ2) is 5.26. The first kappa shape index (κ1) is 15.1. The summed E-state index contributed by atoms with van der Waals surface area (Å²) < 4.78 is 5.46. The molecular weight excluding hydrogens is 258 g/mol. The van der Waals surface area contributed by atoms with Crippen LogP contribution in [0.1, 0.15) is 59.3 Å². The summed E-state index contributed by atoms with van der Waals surface area (Å²) in [5, 5.41) is 9.15. The van der Waals surface area contributed by atoms with Gasteiger partial charge in [-0.05, 0) is 46.5 Å². The highest BCUT2D eigenvalue weighted by Crippen LogP contribution is 2.51. The van der Waals surface area contributed by atoms with Crippen molar-refractivity contribution in [1.82, 2.24) is 4.90 Å². The topological polar surface area (TPSA) is 66.8 Å². The van der Waals surface area contributed by atoms with Crippen LogP contribution in [0.2, 0.25) is 0 Å². The molecule has 1 saturated carbocycles. The molecule has 0 aromatic carbocycles. The zero-order valence-corrected chi connectivity index (χ0v) is 12.6. The minimum absolute atomic E-state index is 0.0298. The molecule has 114 valence electrons. The van der Waals surface area contributed by atoms with E-state index in [2.05, 4.69) is 0 Å². The quantitative estimate of drug-likeness (QED) is 0.864. The summed E-state index contributed by atoms with van der Waals surface area (Å²) in [4.78, 5) is 25.2. The number of likely N-dealkylation sites (tertiary alicyclic amines) is 1. The monoisotopic (exact) mass is 283 g/mol. The van der Waals surface area contributed by atoms with E-state index in [4.69, 9.17) is 9.84 Å². The number of amides is 1. The summed E-state index contributed by atoms with van der Waals surface area (Å²) in [5.41, 5.74) is -0.733. The SMILES string of the molecule is CC(C)(C)OC(=O)N1CCCC1C1(CC(=O)O)CCC1. The van der Waals surface area contributed by atoms with E-state index in [9.17, 15) is 9.59 Å². The summed E-state index contributed by atoms with van der Waals surface area (Å²) in [6, 6.07) is 0.0298. The number of carboxylic acids is 1. The average molecular weight is 283 g/mol. The molecule has 0 aromatic rings. The number of ether oxygens (including phenoxy) is 1. The molecule has 0 aromatic heterocycles. The van der Waals surface area contributed by atoms with E-state index in [0.717, 1.165) is 32.1 Å². The molecule has 0 bridgehead atoms. The second-order valence-corrected chi connectivity index (χ2v) is 7.12. The predicted molar refractivity (Wildman–Crippen MR) is 74.5 cm³/mol. The van der Waals surface area contributed by atoms with Crippen LogP contribution in [0, 0.1) is 5.41 Å². The van der Waals surface area contributed by atoms with Crippen LogP contribution in [-0.2, 0) is 9.53 Å². The number of rotatable bonds is 3. The largest absolute Gasteiger partial charge is 0.481 e. The van der Waals surface area contributed by atoms with Crippen LogP contribution in [0.15, 0.2) is 0 Å². The van der Waals surface area contributed by atoms with Crippen LogP contribution in [0.25, 0.3) is 0 Å². The van der Waals surface area contributed by atoms with Gasteiger partial charge in [0.15, 0.2) is 0 Å². The van der Waals surface area contributed by atoms with Gasteiger partial charge in [0.1, 0.15) is 5.60 Å². The Balaban J connectivity index is 2.10. The van der Waals surface area contributed by atoms with E-state index in [-0.39, 0.29) is 24.0 Å². The molecule has 2 fully saturated rings. The maximum atomic E-state index is 12.3. The number of carbonyl (C=O) groups is 2. The van der Waals surface area contributed by atoms with Crippen molar-refractivity contribution >= 4 is 12.1 Å². The number of hydrogen-bond acceptors (Lipinski definition) is 3. The minimum atomic E-state index is -0.763. The van der Waals surface area contributed by atoms with E-state index >= 15 is 0 Å². The standard InChI is InChI=1S/C15H25NO4/c1-14(2,3)20-13(19)16-9-4-6-11(16)15(7-5-8-15)10-12(17)18/h11H,4-10H2,1-3H3,(H,17,18). The van der Waals surface area contributed by atoms with Gasteiger partial charge in [0.05, 0.1) is 6.42 Å². The fourth-order valence-electron chi connectivity index (χ4n) is 3.50. The van der Waals surface area contributed by atoms with Gasteiger partial charge in [0, 0.05) is 18.0 Å². The normalized spacial score (nSPS) is 25.1.